The van der Waals surface area contributed by atoms with Crippen molar-refractivity contribution in [3.63, 3.8) is 0 Å². The molecule has 8 nitrogen and oxygen atoms in total. The first-order chi connectivity index (χ1) is 19.5. The molecule has 1 heterocycles. The minimum atomic E-state index is -5.08. The summed E-state index contributed by atoms with van der Waals surface area (Å²) in [6.45, 7) is 0.718. The summed E-state index contributed by atoms with van der Waals surface area (Å²) in [4.78, 5) is 33.1. The second-order valence-electron chi connectivity index (χ2n) is 10.2. The normalized spacial score (nSPS) is 16.9. The molecule has 0 spiro atoms. The lowest BCUT2D eigenvalue weighted by atomic mass is 9.86. The Morgan fingerprint density at radius 3 is 2.22 bits per heavy atom. The fourth-order valence-corrected chi connectivity index (χ4v) is 4.83. The fourth-order valence-electron chi connectivity index (χ4n) is 4.83. The highest BCUT2D eigenvalue weighted by atomic mass is 19.4. The Hall–Kier alpha value is -4.41. The van der Waals surface area contributed by atoms with Crippen molar-refractivity contribution in [2.24, 2.45) is 5.92 Å². The highest BCUT2D eigenvalue weighted by molar-refractivity contribution is 5.98. The van der Waals surface area contributed by atoms with Crippen LogP contribution in [0.5, 0.6) is 0 Å². The quantitative estimate of drug-likeness (QED) is 0.267. The molecule has 0 atom stereocenters. The molecule has 1 saturated carbocycles. The van der Waals surface area contributed by atoms with E-state index in [4.69, 9.17) is 19.9 Å². The van der Waals surface area contributed by atoms with Crippen LogP contribution in [0.15, 0.2) is 66.7 Å². The molecule has 0 radical (unpaired) electrons. The monoisotopic (exact) mass is 567 g/mol. The van der Waals surface area contributed by atoms with Gasteiger partial charge in [0.1, 0.15) is 5.82 Å². The molecule has 1 aliphatic rings. The van der Waals surface area contributed by atoms with Gasteiger partial charge in [-0.2, -0.15) is 18.2 Å². The predicted octanol–water partition coefficient (Wildman–Crippen LogP) is 5.88. The van der Waals surface area contributed by atoms with Crippen LogP contribution in [0.3, 0.4) is 0 Å². The van der Waals surface area contributed by atoms with Gasteiger partial charge in [0.05, 0.1) is 5.52 Å². The Balaban J connectivity index is 0.000000493. The van der Waals surface area contributed by atoms with Gasteiger partial charge in [0.25, 0.3) is 5.91 Å². The second kappa shape index (κ2) is 12.8. The van der Waals surface area contributed by atoms with E-state index in [0.717, 1.165) is 65.3 Å². The van der Waals surface area contributed by atoms with Gasteiger partial charge in [-0.3, -0.25) is 4.79 Å². The summed E-state index contributed by atoms with van der Waals surface area (Å²) in [6, 6.07) is 22.5. The minimum Gasteiger partial charge on any atom is -0.475 e. The molecule has 1 amide bonds. The summed E-state index contributed by atoms with van der Waals surface area (Å²) in [5.74, 6) is -0.634. The van der Waals surface area contributed by atoms with Gasteiger partial charge in [-0.15, -0.1) is 0 Å². The summed E-state index contributed by atoms with van der Waals surface area (Å²) in [7, 11) is 4.02. The highest BCUT2D eigenvalue weighted by Crippen LogP contribution is 2.28. The van der Waals surface area contributed by atoms with Crippen LogP contribution < -0.4 is 15.5 Å². The smallest absolute Gasteiger partial charge is 0.475 e. The number of aliphatic carboxylic acids is 1. The molecule has 1 aliphatic carbocycles. The predicted molar refractivity (Wildman–Crippen MR) is 153 cm³/mol. The second-order valence-corrected chi connectivity index (χ2v) is 10.2. The third kappa shape index (κ3) is 7.84. The summed E-state index contributed by atoms with van der Waals surface area (Å²) >= 11 is 0. The topological polar surface area (TPSA) is 107 Å². The average molecular weight is 568 g/mol. The number of hydrogen-bond donors (Lipinski definition) is 3. The first kappa shape index (κ1) is 29.6. The van der Waals surface area contributed by atoms with Crippen molar-refractivity contribution in [1.29, 1.82) is 0 Å². The zero-order chi connectivity index (χ0) is 29.6. The van der Waals surface area contributed by atoms with E-state index in [1.54, 1.807) is 0 Å². The molecule has 4 aromatic rings. The standard InChI is InChI=1S/C28H31N5O.C2HF3O2/c1-33(2)26-24-9-5-6-10-25(24)31-28(32-26)30-23-15-11-19(12-16-23)18-29-27(34)22-14-13-20-7-3-4-8-21(20)17-22;3-2(4,5)1(6)7/h3-10,13-14,17,19,23H,11-12,15-16,18H2,1-2H3,(H,29,34)(H,30,31,32);(H,6,7). The van der Waals surface area contributed by atoms with Crippen molar-refractivity contribution >= 4 is 45.3 Å². The number of rotatable bonds is 6. The number of carboxylic acids is 1. The lowest BCUT2D eigenvalue weighted by Gasteiger charge is -2.29. The summed E-state index contributed by atoms with van der Waals surface area (Å²) in [6.07, 6.45) is -0.846. The fraction of sp³-hybridized carbons (Fsp3) is 0.333. The van der Waals surface area contributed by atoms with Crippen molar-refractivity contribution in [2.75, 3.05) is 30.9 Å². The van der Waals surface area contributed by atoms with Gasteiger partial charge in [-0.05, 0) is 66.6 Å². The Morgan fingerprint density at radius 2 is 1.56 bits per heavy atom. The number of carboxylic acid groups (broad SMARTS) is 1. The third-order valence-corrected chi connectivity index (χ3v) is 6.99. The number of hydrogen-bond acceptors (Lipinski definition) is 6. The number of amides is 1. The molecule has 41 heavy (non-hydrogen) atoms. The molecule has 0 aliphatic heterocycles. The SMILES string of the molecule is CN(C)c1nc(NC2CCC(CNC(=O)c3ccc4ccccc4c3)CC2)nc2ccccc12.O=C(O)C(F)(F)F. The Bertz CT molecular complexity index is 1520. The highest BCUT2D eigenvalue weighted by Gasteiger charge is 2.38. The van der Waals surface area contributed by atoms with E-state index in [1.165, 1.54) is 0 Å². The van der Waals surface area contributed by atoms with E-state index >= 15 is 0 Å². The summed E-state index contributed by atoms with van der Waals surface area (Å²) in [5, 5.41) is 17.1. The number of carbonyl (C=O) groups excluding carboxylic acids is 1. The number of aromatic nitrogens is 2. The van der Waals surface area contributed by atoms with Gasteiger partial charge < -0.3 is 20.6 Å². The largest absolute Gasteiger partial charge is 0.490 e. The Labute approximate surface area is 235 Å². The molecule has 1 fully saturated rings. The van der Waals surface area contributed by atoms with E-state index in [2.05, 4.69) is 22.8 Å². The van der Waals surface area contributed by atoms with Crippen LogP contribution in [0.4, 0.5) is 24.9 Å². The molecule has 5 rings (SSSR count). The summed E-state index contributed by atoms with van der Waals surface area (Å²) < 4.78 is 31.7. The molecule has 0 saturated heterocycles. The van der Waals surface area contributed by atoms with E-state index in [0.29, 0.717) is 17.9 Å². The molecule has 216 valence electrons. The van der Waals surface area contributed by atoms with Crippen LogP contribution in [0.25, 0.3) is 21.7 Å². The summed E-state index contributed by atoms with van der Waals surface area (Å²) in [5.41, 5.74) is 1.67. The first-order valence-electron chi connectivity index (χ1n) is 13.3. The maximum atomic E-state index is 12.7. The maximum absolute atomic E-state index is 12.7. The zero-order valence-corrected chi connectivity index (χ0v) is 22.8. The van der Waals surface area contributed by atoms with E-state index in [1.807, 2.05) is 73.6 Å². The van der Waals surface area contributed by atoms with Crippen molar-refractivity contribution in [2.45, 2.75) is 37.9 Å². The number of halogens is 3. The van der Waals surface area contributed by atoms with Crippen LogP contribution in [-0.4, -0.2) is 59.8 Å². The number of fused-ring (bicyclic) bond motifs is 2. The molecule has 1 aromatic heterocycles. The molecule has 11 heteroatoms. The van der Waals surface area contributed by atoms with Crippen molar-refractivity contribution in [3.8, 4) is 0 Å². The maximum Gasteiger partial charge on any atom is 0.490 e. The van der Waals surface area contributed by atoms with Gasteiger partial charge in [-0.25, -0.2) is 9.78 Å². The van der Waals surface area contributed by atoms with Crippen LogP contribution in [0.2, 0.25) is 0 Å². The molecule has 0 unspecified atom stereocenters. The van der Waals surface area contributed by atoms with E-state index in [9.17, 15) is 18.0 Å². The molecular weight excluding hydrogens is 535 g/mol. The molecule has 3 aromatic carbocycles. The van der Waals surface area contributed by atoms with Crippen molar-refractivity contribution < 1.29 is 27.9 Å². The first-order valence-corrected chi connectivity index (χ1v) is 13.3. The molecule has 3 N–H and O–H groups in total. The van der Waals surface area contributed by atoms with Gasteiger partial charge in [-0.1, -0.05) is 42.5 Å². The van der Waals surface area contributed by atoms with Gasteiger partial charge >= 0.3 is 12.1 Å². The van der Waals surface area contributed by atoms with Gasteiger partial charge in [0.2, 0.25) is 5.95 Å². The number of nitrogens with one attached hydrogen (secondary N) is 2. The lowest BCUT2D eigenvalue weighted by Crippen LogP contribution is -2.34. The number of carbonyl (C=O) groups is 2. The van der Waals surface area contributed by atoms with Crippen molar-refractivity contribution in [3.05, 3.63) is 72.3 Å². The lowest BCUT2D eigenvalue weighted by molar-refractivity contribution is -0.192. The number of benzene rings is 3. The third-order valence-electron chi connectivity index (χ3n) is 6.99. The van der Waals surface area contributed by atoms with E-state index in [-0.39, 0.29) is 5.91 Å². The zero-order valence-electron chi connectivity index (χ0n) is 22.8. The molecule has 0 bridgehead atoms. The molecular formula is C30H32F3N5O3. The van der Waals surface area contributed by atoms with Crippen LogP contribution in [0, 0.1) is 5.92 Å². The average Bonchev–Trinajstić information content (AvgIpc) is 2.95. The number of para-hydroxylation sites is 1. The van der Waals surface area contributed by atoms with Crippen LogP contribution >= 0.6 is 0 Å². The minimum absolute atomic E-state index is 0.00628. The van der Waals surface area contributed by atoms with Crippen LogP contribution in [0.1, 0.15) is 36.0 Å². The Kier molecular flexibility index (Phi) is 9.26. The van der Waals surface area contributed by atoms with Crippen LogP contribution in [-0.2, 0) is 4.79 Å². The van der Waals surface area contributed by atoms with Gasteiger partial charge in [0, 0.05) is 37.6 Å². The number of alkyl halides is 3. The number of anilines is 2. The Morgan fingerprint density at radius 1 is 0.927 bits per heavy atom. The van der Waals surface area contributed by atoms with E-state index < -0.39 is 12.1 Å². The number of nitrogens with zero attached hydrogens (tertiary/aromatic N) is 3. The van der Waals surface area contributed by atoms with Gasteiger partial charge in [0.15, 0.2) is 0 Å². The van der Waals surface area contributed by atoms with Crippen molar-refractivity contribution in [1.82, 2.24) is 15.3 Å².